The van der Waals surface area contributed by atoms with Crippen LogP contribution in [-0.2, 0) is 6.54 Å². The third-order valence-corrected chi connectivity index (χ3v) is 3.97. The second-order valence-electron chi connectivity index (χ2n) is 6.96. The average molecular weight is 338 g/mol. The van der Waals surface area contributed by atoms with Crippen molar-refractivity contribution >= 4 is 22.7 Å². The number of carbonyl (C=O) groups excluding carboxylic acids is 1. The van der Waals surface area contributed by atoms with Gasteiger partial charge in [0.2, 0.25) is 0 Å². The number of nitrogens with two attached hydrogens (primary N) is 1. The van der Waals surface area contributed by atoms with Crippen LogP contribution in [0.1, 0.15) is 26.3 Å². The molecule has 1 aromatic heterocycles. The summed E-state index contributed by atoms with van der Waals surface area (Å²) in [5, 5.41) is 0.719. The molecule has 0 aliphatic carbocycles. The number of furan rings is 1. The summed E-state index contributed by atoms with van der Waals surface area (Å²) in [5.74, 6) is 0.399. The van der Waals surface area contributed by atoms with Crippen molar-refractivity contribution in [3.05, 3.63) is 60.4 Å². The van der Waals surface area contributed by atoms with E-state index in [4.69, 9.17) is 14.9 Å². The molecule has 0 bridgehead atoms. The Kier molecular flexibility index (Phi) is 4.40. The van der Waals surface area contributed by atoms with Crippen molar-refractivity contribution in [2.75, 3.05) is 5.73 Å². The molecule has 5 nitrogen and oxygen atoms in total. The molecule has 0 atom stereocenters. The molecular weight excluding hydrogens is 316 g/mol. The Morgan fingerprint density at radius 3 is 2.56 bits per heavy atom. The number of ether oxygens (including phenoxy) is 1. The van der Waals surface area contributed by atoms with E-state index in [2.05, 4.69) is 0 Å². The molecule has 1 amide bonds. The number of carbonyl (C=O) groups is 1. The fourth-order valence-corrected chi connectivity index (χ4v) is 2.63. The van der Waals surface area contributed by atoms with Gasteiger partial charge in [-0.3, -0.25) is 4.90 Å². The zero-order valence-corrected chi connectivity index (χ0v) is 14.7. The summed E-state index contributed by atoms with van der Waals surface area (Å²) in [5.41, 5.74) is 7.59. The molecule has 0 unspecified atom stereocenters. The molecule has 3 aromatic rings. The van der Waals surface area contributed by atoms with Crippen LogP contribution < -0.4 is 10.5 Å². The van der Waals surface area contributed by atoms with Gasteiger partial charge in [0.1, 0.15) is 11.3 Å². The highest BCUT2D eigenvalue weighted by Gasteiger charge is 2.29. The van der Waals surface area contributed by atoms with Gasteiger partial charge in [-0.25, -0.2) is 4.79 Å². The maximum atomic E-state index is 12.9. The lowest BCUT2D eigenvalue weighted by atomic mass is 10.1. The molecule has 2 aromatic carbocycles. The van der Waals surface area contributed by atoms with Crippen molar-refractivity contribution in [3.63, 3.8) is 0 Å². The minimum Gasteiger partial charge on any atom is -0.464 e. The number of nitrogen functional groups attached to an aromatic ring is 1. The predicted octanol–water partition coefficient (Wildman–Crippen LogP) is 4.81. The number of benzene rings is 2. The van der Waals surface area contributed by atoms with Gasteiger partial charge in [-0.1, -0.05) is 30.3 Å². The van der Waals surface area contributed by atoms with Crippen LogP contribution in [0.25, 0.3) is 11.0 Å². The maximum absolute atomic E-state index is 12.9. The number of anilines is 1. The number of fused-ring (bicyclic) bond motifs is 1. The SMILES string of the molecule is CC(C)(C)N(Cc1ccccc1)C(=O)Oc1cc(N)cc2occc12. The van der Waals surface area contributed by atoms with Gasteiger partial charge in [0.25, 0.3) is 0 Å². The third-order valence-electron chi connectivity index (χ3n) is 3.97. The van der Waals surface area contributed by atoms with E-state index < -0.39 is 11.6 Å². The molecule has 0 saturated carbocycles. The van der Waals surface area contributed by atoms with E-state index >= 15 is 0 Å². The van der Waals surface area contributed by atoms with Crippen LogP contribution in [-0.4, -0.2) is 16.5 Å². The highest BCUT2D eigenvalue weighted by molar-refractivity contribution is 5.89. The lowest BCUT2D eigenvalue weighted by Crippen LogP contribution is -2.46. The van der Waals surface area contributed by atoms with Crippen molar-refractivity contribution in [1.29, 1.82) is 0 Å². The van der Waals surface area contributed by atoms with Crippen LogP contribution in [0.3, 0.4) is 0 Å². The van der Waals surface area contributed by atoms with Crippen molar-refractivity contribution < 1.29 is 13.9 Å². The van der Waals surface area contributed by atoms with E-state index in [-0.39, 0.29) is 0 Å². The van der Waals surface area contributed by atoms with Gasteiger partial charge < -0.3 is 14.9 Å². The quantitative estimate of drug-likeness (QED) is 0.696. The van der Waals surface area contributed by atoms with Crippen molar-refractivity contribution in [2.45, 2.75) is 32.9 Å². The highest BCUT2D eigenvalue weighted by atomic mass is 16.6. The van der Waals surface area contributed by atoms with Crippen LogP contribution in [0.5, 0.6) is 5.75 Å². The summed E-state index contributed by atoms with van der Waals surface area (Å²) in [7, 11) is 0. The van der Waals surface area contributed by atoms with Gasteiger partial charge >= 0.3 is 6.09 Å². The first-order chi connectivity index (χ1) is 11.8. The Labute approximate surface area is 147 Å². The van der Waals surface area contributed by atoms with Gasteiger partial charge in [-0.15, -0.1) is 0 Å². The molecule has 0 saturated heterocycles. The van der Waals surface area contributed by atoms with Gasteiger partial charge in [-0.2, -0.15) is 0 Å². The van der Waals surface area contributed by atoms with Gasteiger partial charge in [-0.05, 0) is 32.4 Å². The molecule has 5 heteroatoms. The van der Waals surface area contributed by atoms with Crippen molar-refractivity contribution in [1.82, 2.24) is 4.90 Å². The second kappa shape index (κ2) is 6.51. The van der Waals surface area contributed by atoms with E-state index in [1.807, 2.05) is 51.1 Å². The van der Waals surface area contributed by atoms with E-state index in [1.165, 1.54) is 0 Å². The predicted molar refractivity (Wildman–Crippen MR) is 98.4 cm³/mol. The Bertz CT molecular complexity index is 879. The molecule has 0 fully saturated rings. The lowest BCUT2D eigenvalue weighted by Gasteiger charge is -2.34. The lowest BCUT2D eigenvalue weighted by molar-refractivity contribution is 0.102. The highest BCUT2D eigenvalue weighted by Crippen LogP contribution is 2.31. The molecule has 25 heavy (non-hydrogen) atoms. The second-order valence-corrected chi connectivity index (χ2v) is 6.96. The molecule has 3 rings (SSSR count). The summed E-state index contributed by atoms with van der Waals surface area (Å²) in [6, 6.07) is 14.9. The van der Waals surface area contributed by atoms with E-state index in [9.17, 15) is 4.79 Å². The first kappa shape index (κ1) is 16.9. The zero-order valence-electron chi connectivity index (χ0n) is 14.7. The molecule has 130 valence electrons. The number of rotatable bonds is 3. The third kappa shape index (κ3) is 3.76. The van der Waals surface area contributed by atoms with Gasteiger partial charge in [0.15, 0.2) is 0 Å². The minimum absolute atomic E-state index is 0.399. The van der Waals surface area contributed by atoms with E-state index in [0.717, 1.165) is 10.9 Å². The molecule has 2 N–H and O–H groups in total. The van der Waals surface area contributed by atoms with Gasteiger partial charge in [0.05, 0.1) is 11.6 Å². The summed E-state index contributed by atoms with van der Waals surface area (Å²) in [6.45, 7) is 6.39. The van der Waals surface area contributed by atoms with Crippen molar-refractivity contribution in [2.24, 2.45) is 0 Å². The molecule has 0 radical (unpaired) electrons. The minimum atomic E-state index is -0.426. The first-order valence-corrected chi connectivity index (χ1v) is 8.15. The van der Waals surface area contributed by atoms with Crippen LogP contribution in [0.15, 0.2) is 59.2 Å². The van der Waals surface area contributed by atoms with E-state index in [0.29, 0.717) is 23.6 Å². The number of hydrogen-bond donors (Lipinski definition) is 1. The number of amides is 1. The fraction of sp³-hybridized carbons (Fsp3) is 0.250. The van der Waals surface area contributed by atoms with Crippen LogP contribution >= 0.6 is 0 Å². The van der Waals surface area contributed by atoms with Crippen molar-refractivity contribution in [3.8, 4) is 5.75 Å². The largest absolute Gasteiger partial charge is 0.464 e. The smallest absolute Gasteiger partial charge is 0.415 e. The topological polar surface area (TPSA) is 68.7 Å². The summed E-state index contributed by atoms with van der Waals surface area (Å²) in [4.78, 5) is 14.6. The molecule has 1 heterocycles. The van der Waals surface area contributed by atoms with E-state index in [1.54, 1.807) is 29.4 Å². The Balaban J connectivity index is 1.88. The molecule has 0 spiro atoms. The maximum Gasteiger partial charge on any atom is 0.415 e. The fourth-order valence-electron chi connectivity index (χ4n) is 2.63. The summed E-state index contributed by atoms with van der Waals surface area (Å²) >= 11 is 0. The Morgan fingerprint density at radius 1 is 1.16 bits per heavy atom. The van der Waals surface area contributed by atoms with Gasteiger partial charge in [0, 0.05) is 29.9 Å². The average Bonchev–Trinajstić information content (AvgIpc) is 3.00. The van der Waals surface area contributed by atoms with Crippen LogP contribution in [0.2, 0.25) is 0 Å². The molecular formula is C20H22N2O3. The molecule has 0 aliphatic rings. The first-order valence-electron chi connectivity index (χ1n) is 8.15. The Hall–Kier alpha value is -2.95. The summed E-state index contributed by atoms with van der Waals surface area (Å²) < 4.78 is 11.0. The zero-order chi connectivity index (χ0) is 18.0. The van der Waals surface area contributed by atoms with Crippen LogP contribution in [0, 0.1) is 0 Å². The standard InChI is InChI=1S/C20H22N2O3/c1-20(2,3)22(13-14-7-5-4-6-8-14)19(23)25-18-12-15(21)11-17-16(18)9-10-24-17/h4-12H,13,21H2,1-3H3. The Morgan fingerprint density at radius 2 is 1.88 bits per heavy atom. The monoisotopic (exact) mass is 338 g/mol. The van der Waals surface area contributed by atoms with Crippen LogP contribution in [0.4, 0.5) is 10.5 Å². The number of nitrogens with zero attached hydrogens (tertiary/aromatic N) is 1. The summed E-state index contributed by atoms with van der Waals surface area (Å²) in [6.07, 6.45) is 1.12. The number of hydrogen-bond acceptors (Lipinski definition) is 4. The normalized spacial score (nSPS) is 11.5. The molecule has 0 aliphatic heterocycles.